The third kappa shape index (κ3) is 5.55. The molecule has 3 aromatic carbocycles. The van der Waals surface area contributed by atoms with E-state index in [1.54, 1.807) is 0 Å². The van der Waals surface area contributed by atoms with Gasteiger partial charge < -0.3 is 19.2 Å². The minimum atomic E-state index is -4.85. The highest BCUT2D eigenvalue weighted by molar-refractivity contribution is 5.96. The smallest absolute Gasteiger partial charge is 0.416 e. The molecule has 0 unspecified atom stereocenters. The summed E-state index contributed by atoms with van der Waals surface area (Å²) in [6.07, 6.45) is -2.17. The Morgan fingerprint density at radius 1 is 1.10 bits per heavy atom. The van der Waals surface area contributed by atoms with E-state index in [4.69, 9.17) is 13.9 Å². The van der Waals surface area contributed by atoms with Gasteiger partial charge in [0.1, 0.15) is 18.6 Å². The van der Waals surface area contributed by atoms with E-state index >= 15 is 4.39 Å². The van der Waals surface area contributed by atoms with Crippen LogP contribution >= 0.6 is 0 Å². The molecule has 0 spiro atoms. The molecule has 0 radical (unpaired) electrons. The van der Waals surface area contributed by atoms with Gasteiger partial charge in [0.2, 0.25) is 11.8 Å². The molecule has 0 fully saturated rings. The van der Waals surface area contributed by atoms with Crippen LogP contribution in [0.15, 0.2) is 70.2 Å². The standard InChI is InChI=1S/C28H21F5N4O5/c1-36-25-19(15-9-20(30)26(22(10-15)40-2)42-14-24-34-7-8-41-24)11-16(28(31,32)33)12-21(25)37(27(36)39)13-23(38)35-18-5-3-17(29)4-6-18/h3-12H,13-14H2,1-2H3,(H,35,38). The van der Waals surface area contributed by atoms with Crippen molar-refractivity contribution in [3.8, 4) is 22.6 Å². The number of oxazole rings is 1. The zero-order chi connectivity index (χ0) is 30.2. The van der Waals surface area contributed by atoms with Gasteiger partial charge in [0.05, 0.1) is 29.9 Å². The molecule has 0 saturated heterocycles. The van der Waals surface area contributed by atoms with E-state index in [0.29, 0.717) is 0 Å². The number of methoxy groups -OCH3 is 1. The van der Waals surface area contributed by atoms with E-state index in [1.165, 1.54) is 44.8 Å². The molecule has 1 N–H and O–H groups in total. The topological polar surface area (TPSA) is 101 Å². The van der Waals surface area contributed by atoms with Gasteiger partial charge in [-0.25, -0.2) is 18.6 Å². The molecule has 2 aromatic heterocycles. The molecule has 42 heavy (non-hydrogen) atoms. The van der Waals surface area contributed by atoms with E-state index in [2.05, 4.69) is 10.3 Å². The first-order chi connectivity index (χ1) is 20.0. The maximum Gasteiger partial charge on any atom is 0.416 e. The number of rotatable bonds is 8. The van der Waals surface area contributed by atoms with Crippen LogP contribution in [-0.4, -0.2) is 27.1 Å². The third-order valence-corrected chi connectivity index (χ3v) is 6.35. The number of imidazole rings is 1. The lowest BCUT2D eigenvalue weighted by Crippen LogP contribution is -2.28. The molecule has 5 aromatic rings. The fourth-order valence-corrected chi connectivity index (χ4v) is 4.44. The number of alkyl halides is 3. The largest absolute Gasteiger partial charge is 0.493 e. The average molecular weight is 588 g/mol. The van der Waals surface area contributed by atoms with Crippen LogP contribution in [0.4, 0.5) is 27.6 Å². The summed E-state index contributed by atoms with van der Waals surface area (Å²) in [5.74, 6) is -2.54. The van der Waals surface area contributed by atoms with Crippen molar-refractivity contribution in [3.63, 3.8) is 0 Å². The minimum absolute atomic E-state index is 0.0116. The quantitative estimate of drug-likeness (QED) is 0.240. The number of aryl methyl sites for hydroxylation is 1. The van der Waals surface area contributed by atoms with Crippen molar-refractivity contribution in [3.05, 3.63) is 94.6 Å². The van der Waals surface area contributed by atoms with Gasteiger partial charge in [0.15, 0.2) is 23.9 Å². The Balaban J connectivity index is 1.61. The van der Waals surface area contributed by atoms with Crippen molar-refractivity contribution in [2.24, 2.45) is 7.05 Å². The van der Waals surface area contributed by atoms with Crippen LogP contribution in [0.3, 0.4) is 0 Å². The molecule has 0 aliphatic heterocycles. The number of aromatic nitrogens is 3. The van der Waals surface area contributed by atoms with Crippen molar-refractivity contribution in [2.75, 3.05) is 12.4 Å². The molecule has 0 saturated carbocycles. The highest BCUT2D eigenvalue weighted by atomic mass is 19.4. The van der Waals surface area contributed by atoms with Crippen LogP contribution in [0, 0.1) is 11.6 Å². The maximum atomic E-state index is 15.3. The highest BCUT2D eigenvalue weighted by Crippen LogP contribution is 2.41. The fourth-order valence-electron chi connectivity index (χ4n) is 4.44. The number of carbonyl (C=O) groups is 1. The molecule has 5 rings (SSSR count). The Morgan fingerprint density at radius 2 is 1.83 bits per heavy atom. The third-order valence-electron chi connectivity index (χ3n) is 6.35. The summed E-state index contributed by atoms with van der Waals surface area (Å²) in [6.45, 7) is -0.898. The second-order valence-electron chi connectivity index (χ2n) is 9.08. The molecular weight excluding hydrogens is 567 g/mol. The number of fused-ring (bicyclic) bond motifs is 1. The molecule has 1 amide bonds. The lowest BCUT2D eigenvalue weighted by atomic mass is 9.99. The number of benzene rings is 3. The Labute approximate surface area is 233 Å². The zero-order valence-electron chi connectivity index (χ0n) is 22.0. The molecule has 0 aliphatic carbocycles. The minimum Gasteiger partial charge on any atom is -0.493 e. The number of nitrogens with one attached hydrogen (secondary N) is 1. The number of nitrogens with zero attached hydrogens (tertiary/aromatic N) is 3. The summed E-state index contributed by atoms with van der Waals surface area (Å²) in [4.78, 5) is 29.8. The number of anilines is 1. The van der Waals surface area contributed by atoms with Crippen LogP contribution < -0.4 is 20.5 Å². The first-order valence-electron chi connectivity index (χ1n) is 12.2. The van der Waals surface area contributed by atoms with Crippen molar-refractivity contribution in [1.29, 1.82) is 0 Å². The van der Waals surface area contributed by atoms with Gasteiger partial charge in [0.25, 0.3) is 0 Å². The molecule has 2 heterocycles. The second kappa shape index (κ2) is 11.0. The first kappa shape index (κ1) is 28.4. The predicted molar refractivity (Wildman–Crippen MR) is 140 cm³/mol. The van der Waals surface area contributed by atoms with E-state index in [9.17, 15) is 27.2 Å². The lowest BCUT2D eigenvalue weighted by Gasteiger charge is -2.15. The summed E-state index contributed by atoms with van der Waals surface area (Å²) < 4.78 is 88.3. The Hall–Kier alpha value is -5.14. The summed E-state index contributed by atoms with van der Waals surface area (Å²) in [5.41, 5.74) is -2.10. The van der Waals surface area contributed by atoms with Crippen LogP contribution in [0.5, 0.6) is 11.5 Å². The SMILES string of the molecule is COc1cc(-c2cc(C(F)(F)F)cc3c2n(C)c(=O)n3CC(=O)Nc2ccc(F)cc2)cc(F)c1OCc1ncco1. The highest BCUT2D eigenvalue weighted by Gasteiger charge is 2.33. The molecule has 0 atom stereocenters. The summed E-state index contributed by atoms with van der Waals surface area (Å²) in [5, 5.41) is 2.47. The summed E-state index contributed by atoms with van der Waals surface area (Å²) in [7, 11) is 2.54. The molecular formula is C28H21F5N4O5. The van der Waals surface area contributed by atoms with Crippen molar-refractivity contribution >= 4 is 22.6 Å². The van der Waals surface area contributed by atoms with Gasteiger partial charge in [-0.3, -0.25) is 13.9 Å². The average Bonchev–Trinajstić information content (AvgIpc) is 3.55. The van der Waals surface area contributed by atoms with E-state index in [0.717, 1.165) is 39.5 Å². The molecule has 0 bridgehead atoms. The Bertz CT molecular complexity index is 1830. The number of ether oxygens (including phenoxy) is 2. The normalized spacial score (nSPS) is 11.6. The van der Waals surface area contributed by atoms with Crippen LogP contribution in [-0.2, 0) is 31.2 Å². The first-order valence-corrected chi connectivity index (χ1v) is 12.2. The van der Waals surface area contributed by atoms with E-state index in [1.807, 2.05) is 0 Å². The molecule has 218 valence electrons. The van der Waals surface area contributed by atoms with E-state index in [-0.39, 0.29) is 51.8 Å². The number of hydrogen-bond acceptors (Lipinski definition) is 6. The van der Waals surface area contributed by atoms with Crippen molar-refractivity contribution in [1.82, 2.24) is 14.1 Å². The monoisotopic (exact) mass is 588 g/mol. The number of amides is 1. The Kier molecular flexibility index (Phi) is 7.45. The van der Waals surface area contributed by atoms with E-state index < -0.39 is 41.5 Å². The van der Waals surface area contributed by atoms with Crippen molar-refractivity contribution in [2.45, 2.75) is 19.3 Å². The van der Waals surface area contributed by atoms with Crippen LogP contribution in [0.1, 0.15) is 11.5 Å². The lowest BCUT2D eigenvalue weighted by molar-refractivity contribution is -0.137. The van der Waals surface area contributed by atoms with Crippen LogP contribution in [0.2, 0.25) is 0 Å². The van der Waals surface area contributed by atoms with Gasteiger partial charge in [-0.15, -0.1) is 0 Å². The van der Waals surface area contributed by atoms with Gasteiger partial charge in [-0.1, -0.05) is 0 Å². The molecule has 0 aliphatic rings. The van der Waals surface area contributed by atoms with Crippen molar-refractivity contribution < 1.29 is 40.6 Å². The summed E-state index contributed by atoms with van der Waals surface area (Å²) in [6, 6.07) is 8.55. The molecule has 9 nitrogen and oxygen atoms in total. The Morgan fingerprint density at radius 3 is 2.48 bits per heavy atom. The zero-order valence-corrected chi connectivity index (χ0v) is 22.0. The van der Waals surface area contributed by atoms with Crippen LogP contribution in [0.25, 0.3) is 22.2 Å². The van der Waals surface area contributed by atoms with Gasteiger partial charge in [-0.05, 0) is 54.1 Å². The molecule has 14 heteroatoms. The van der Waals surface area contributed by atoms with Gasteiger partial charge >= 0.3 is 11.9 Å². The summed E-state index contributed by atoms with van der Waals surface area (Å²) >= 11 is 0. The number of halogens is 5. The van der Waals surface area contributed by atoms with Gasteiger partial charge in [0, 0.05) is 18.3 Å². The predicted octanol–water partition coefficient (Wildman–Crippen LogP) is 5.52. The second-order valence-corrected chi connectivity index (χ2v) is 9.08. The van der Waals surface area contributed by atoms with Gasteiger partial charge in [-0.2, -0.15) is 13.2 Å². The number of carbonyl (C=O) groups excluding carboxylic acids is 1. The fraction of sp³-hybridized carbons (Fsp3) is 0.179. The number of hydrogen-bond donors (Lipinski definition) is 1. The maximum absolute atomic E-state index is 15.3.